The van der Waals surface area contributed by atoms with Crippen LogP contribution < -0.4 is 0 Å². The maximum absolute atomic E-state index is 13.0. The molecule has 0 aliphatic carbocycles. The molecule has 108 valence electrons. The van der Waals surface area contributed by atoms with Crippen LogP contribution >= 0.6 is 0 Å². The quantitative estimate of drug-likeness (QED) is 0.531. The van der Waals surface area contributed by atoms with Crippen molar-refractivity contribution < 1.29 is 17.6 Å². The van der Waals surface area contributed by atoms with Crippen LogP contribution in [0, 0.1) is 11.6 Å². The van der Waals surface area contributed by atoms with Crippen molar-refractivity contribution in [2.45, 2.75) is 38.3 Å². The van der Waals surface area contributed by atoms with Gasteiger partial charge in [-0.05, 0) is 43.1 Å². The van der Waals surface area contributed by atoms with Crippen molar-refractivity contribution in [3.8, 4) is 0 Å². The Balaban J connectivity index is 2.27. The maximum atomic E-state index is 13.0. The van der Waals surface area contributed by atoms with Crippen molar-refractivity contribution >= 4 is 8.56 Å². The lowest BCUT2D eigenvalue weighted by atomic mass is 10.1. The fourth-order valence-electron chi connectivity index (χ4n) is 1.99. The molecule has 0 N–H and O–H groups in total. The highest BCUT2D eigenvalue weighted by Crippen LogP contribution is 2.17. The summed E-state index contributed by atoms with van der Waals surface area (Å²) in [5.41, 5.74) is 0.719. The first-order valence-corrected chi connectivity index (χ1v) is 9.07. The Labute approximate surface area is 115 Å². The molecule has 1 aromatic rings. The molecule has 0 radical (unpaired) electrons. The van der Waals surface area contributed by atoms with Crippen molar-refractivity contribution in [3.63, 3.8) is 0 Å². The Morgan fingerprint density at radius 3 is 2.05 bits per heavy atom. The third-order valence-corrected chi connectivity index (χ3v) is 6.37. The smallest absolute Gasteiger partial charge is 0.334 e. The molecule has 0 aromatic heterocycles. The highest BCUT2D eigenvalue weighted by Gasteiger charge is 2.27. The third kappa shape index (κ3) is 5.80. The van der Waals surface area contributed by atoms with Gasteiger partial charge in [0.2, 0.25) is 0 Å². The van der Waals surface area contributed by atoms with Crippen LogP contribution in [-0.2, 0) is 15.3 Å². The number of benzene rings is 1. The van der Waals surface area contributed by atoms with E-state index in [9.17, 15) is 8.78 Å². The summed E-state index contributed by atoms with van der Waals surface area (Å²) in [6.07, 6.45) is 3.64. The zero-order chi connectivity index (χ0) is 14.3. The maximum Gasteiger partial charge on any atom is 0.334 e. The highest BCUT2D eigenvalue weighted by atomic mass is 28.4. The molecule has 0 fully saturated rings. The van der Waals surface area contributed by atoms with Gasteiger partial charge in [-0.2, -0.15) is 0 Å². The van der Waals surface area contributed by atoms with Crippen molar-refractivity contribution in [1.82, 2.24) is 0 Å². The molecule has 1 rings (SSSR count). The van der Waals surface area contributed by atoms with E-state index in [-0.39, 0.29) is 0 Å². The van der Waals surface area contributed by atoms with E-state index >= 15 is 0 Å². The summed E-state index contributed by atoms with van der Waals surface area (Å²) in [6, 6.07) is 4.63. The summed E-state index contributed by atoms with van der Waals surface area (Å²) in [5.74, 6) is -1.01. The first-order chi connectivity index (χ1) is 8.99. The molecule has 0 spiro atoms. The van der Waals surface area contributed by atoms with Gasteiger partial charge in [-0.15, -0.1) is 0 Å². The van der Waals surface area contributed by atoms with E-state index in [4.69, 9.17) is 8.85 Å². The van der Waals surface area contributed by atoms with Crippen LogP contribution in [0.3, 0.4) is 0 Å². The molecular weight excluding hydrogens is 266 g/mol. The van der Waals surface area contributed by atoms with E-state index in [1.807, 2.05) is 6.55 Å². The lowest BCUT2D eigenvalue weighted by Crippen LogP contribution is -2.35. The predicted molar refractivity (Wildman–Crippen MR) is 74.4 cm³/mol. The minimum absolute atomic E-state index is 0.506. The zero-order valence-corrected chi connectivity index (χ0v) is 12.8. The molecular formula is C14H22F2O2Si. The lowest BCUT2D eigenvalue weighted by molar-refractivity contribution is 0.248. The Morgan fingerprint density at radius 2 is 1.53 bits per heavy atom. The van der Waals surface area contributed by atoms with Gasteiger partial charge < -0.3 is 8.85 Å². The minimum atomic E-state index is -1.96. The average molecular weight is 288 g/mol. The molecule has 0 atom stereocenters. The molecule has 0 saturated heterocycles. The zero-order valence-electron chi connectivity index (χ0n) is 11.8. The molecule has 0 aliphatic heterocycles. The summed E-state index contributed by atoms with van der Waals surface area (Å²) in [6.45, 7) is 2.04. The standard InChI is InChI=1S/C14H22F2O2Si/c1-17-19(3,18-2)8-6-4-5-7-12-9-13(15)11-14(16)10-12/h9-11H,4-8H2,1-3H3. The molecule has 5 heteroatoms. The van der Waals surface area contributed by atoms with E-state index < -0.39 is 20.2 Å². The summed E-state index contributed by atoms with van der Waals surface area (Å²) < 4.78 is 36.8. The van der Waals surface area contributed by atoms with Crippen LogP contribution in [0.15, 0.2) is 18.2 Å². The van der Waals surface area contributed by atoms with Gasteiger partial charge in [0.25, 0.3) is 0 Å². The minimum Gasteiger partial charge on any atom is -0.398 e. The van der Waals surface area contributed by atoms with E-state index in [0.29, 0.717) is 6.42 Å². The summed E-state index contributed by atoms with van der Waals surface area (Å²) in [4.78, 5) is 0. The van der Waals surface area contributed by atoms with Gasteiger partial charge in [0.1, 0.15) is 11.6 Å². The van der Waals surface area contributed by atoms with Gasteiger partial charge in [-0.1, -0.05) is 12.8 Å². The van der Waals surface area contributed by atoms with Gasteiger partial charge in [-0.25, -0.2) is 8.78 Å². The van der Waals surface area contributed by atoms with Gasteiger partial charge in [0.15, 0.2) is 0 Å². The first-order valence-electron chi connectivity index (χ1n) is 6.54. The fourth-order valence-corrected chi connectivity index (χ4v) is 3.46. The van der Waals surface area contributed by atoms with Crippen LogP contribution in [0.25, 0.3) is 0 Å². The van der Waals surface area contributed by atoms with Crippen molar-refractivity contribution in [1.29, 1.82) is 0 Å². The first kappa shape index (κ1) is 16.3. The van der Waals surface area contributed by atoms with E-state index in [1.165, 1.54) is 12.1 Å². The normalized spacial score (nSPS) is 11.8. The molecule has 2 nitrogen and oxygen atoms in total. The number of aryl methyl sites for hydroxylation is 1. The Hall–Kier alpha value is -0.783. The monoisotopic (exact) mass is 288 g/mol. The molecule has 0 aliphatic rings. The molecule has 19 heavy (non-hydrogen) atoms. The van der Waals surface area contributed by atoms with Gasteiger partial charge in [0, 0.05) is 20.3 Å². The van der Waals surface area contributed by atoms with Crippen molar-refractivity contribution in [2.24, 2.45) is 0 Å². The number of rotatable bonds is 8. The second kappa shape index (κ2) is 7.72. The molecule has 0 bridgehead atoms. The number of unbranched alkanes of at least 4 members (excludes halogenated alkanes) is 2. The predicted octanol–water partition coefficient (Wildman–Crippen LogP) is 4.04. The Bertz CT molecular complexity index is 375. The van der Waals surface area contributed by atoms with E-state index in [0.717, 1.165) is 36.9 Å². The topological polar surface area (TPSA) is 18.5 Å². The number of halogens is 2. The van der Waals surface area contributed by atoms with Gasteiger partial charge in [-0.3, -0.25) is 0 Å². The molecule has 0 saturated carbocycles. The average Bonchev–Trinajstić information content (AvgIpc) is 2.37. The summed E-state index contributed by atoms with van der Waals surface area (Å²) >= 11 is 0. The van der Waals surface area contributed by atoms with Crippen molar-refractivity contribution in [2.75, 3.05) is 14.2 Å². The van der Waals surface area contributed by atoms with Gasteiger partial charge >= 0.3 is 8.56 Å². The number of hydrogen-bond acceptors (Lipinski definition) is 2. The third-order valence-electron chi connectivity index (χ3n) is 3.38. The molecule has 1 aromatic carbocycles. The summed E-state index contributed by atoms with van der Waals surface area (Å²) in [5, 5.41) is 0. The lowest BCUT2D eigenvalue weighted by Gasteiger charge is -2.22. The van der Waals surface area contributed by atoms with Crippen molar-refractivity contribution in [3.05, 3.63) is 35.4 Å². The van der Waals surface area contributed by atoms with Crippen LogP contribution in [0.1, 0.15) is 24.8 Å². The van der Waals surface area contributed by atoms with E-state index in [2.05, 4.69) is 0 Å². The van der Waals surface area contributed by atoms with Crippen LogP contribution in [0.4, 0.5) is 8.78 Å². The Kier molecular flexibility index (Phi) is 6.61. The second-order valence-corrected chi connectivity index (χ2v) is 8.46. The fraction of sp³-hybridized carbons (Fsp3) is 0.571. The van der Waals surface area contributed by atoms with Crippen LogP contribution in [0.5, 0.6) is 0 Å². The van der Waals surface area contributed by atoms with Gasteiger partial charge in [0.05, 0.1) is 0 Å². The van der Waals surface area contributed by atoms with Crippen LogP contribution in [0.2, 0.25) is 12.6 Å². The van der Waals surface area contributed by atoms with E-state index in [1.54, 1.807) is 14.2 Å². The number of hydrogen-bond donors (Lipinski definition) is 0. The SMILES string of the molecule is CO[Si](C)(CCCCCc1cc(F)cc(F)c1)OC. The van der Waals surface area contributed by atoms with Crippen LogP contribution in [-0.4, -0.2) is 22.8 Å². The highest BCUT2D eigenvalue weighted by molar-refractivity contribution is 6.65. The Morgan fingerprint density at radius 1 is 0.947 bits per heavy atom. The largest absolute Gasteiger partial charge is 0.398 e. The molecule has 0 amide bonds. The second-order valence-electron chi connectivity index (χ2n) is 4.88. The molecule has 0 unspecified atom stereocenters. The summed E-state index contributed by atoms with van der Waals surface area (Å²) in [7, 11) is 1.41. The molecule has 0 heterocycles.